The molecule has 2 aromatic rings. The molecule has 0 spiro atoms. The van der Waals surface area contributed by atoms with Crippen molar-refractivity contribution in [1.82, 2.24) is 5.32 Å². The Morgan fingerprint density at radius 2 is 1.83 bits per heavy atom. The highest BCUT2D eigenvalue weighted by molar-refractivity contribution is 6.31. The molecule has 2 aromatic carbocycles. The lowest BCUT2D eigenvalue weighted by Gasteiger charge is -2.19. The molecule has 0 heterocycles. The van der Waals surface area contributed by atoms with E-state index in [1.54, 1.807) is 0 Å². The Hall–Kier alpha value is -1.02. The molecule has 0 fully saturated rings. The van der Waals surface area contributed by atoms with Gasteiger partial charge < -0.3 is 5.32 Å². The van der Waals surface area contributed by atoms with Gasteiger partial charge in [-0.2, -0.15) is 0 Å². The maximum Gasteiger partial charge on any atom is 0.0589 e. The van der Waals surface area contributed by atoms with Gasteiger partial charge in [-0.25, -0.2) is 0 Å². The Bertz CT molecular complexity index is 552. The van der Waals surface area contributed by atoms with E-state index in [9.17, 15) is 0 Å². The fourth-order valence-electron chi connectivity index (χ4n) is 2.05. The minimum Gasteiger partial charge on any atom is -0.309 e. The van der Waals surface area contributed by atoms with Gasteiger partial charge in [0.05, 0.1) is 6.04 Å². The van der Waals surface area contributed by atoms with Crippen LogP contribution < -0.4 is 5.32 Å². The summed E-state index contributed by atoms with van der Waals surface area (Å²) in [6, 6.07) is 14.0. The van der Waals surface area contributed by atoms with Crippen LogP contribution >= 0.6 is 23.2 Å². The van der Waals surface area contributed by atoms with Gasteiger partial charge in [0.25, 0.3) is 0 Å². The second-order valence-corrected chi connectivity index (χ2v) is 5.15. The zero-order valence-electron chi connectivity index (χ0n) is 10.4. The molecule has 0 saturated carbocycles. The molecule has 1 atom stereocenters. The summed E-state index contributed by atoms with van der Waals surface area (Å²) in [6.45, 7) is 2.03. The Morgan fingerprint density at radius 1 is 1.06 bits per heavy atom. The average Bonchev–Trinajstić information content (AvgIpc) is 2.33. The van der Waals surface area contributed by atoms with E-state index in [4.69, 9.17) is 23.2 Å². The summed E-state index contributed by atoms with van der Waals surface area (Å²) in [6.07, 6.45) is 0. The Kier molecular flexibility index (Phi) is 4.28. The number of aryl methyl sites for hydroxylation is 1. The first-order chi connectivity index (χ1) is 8.61. The molecular formula is C15H15Cl2N. The fourth-order valence-corrected chi connectivity index (χ4v) is 2.60. The molecule has 2 rings (SSSR count). The second-order valence-electron chi connectivity index (χ2n) is 4.30. The topological polar surface area (TPSA) is 12.0 Å². The maximum absolute atomic E-state index is 6.32. The molecule has 0 aromatic heterocycles. The van der Waals surface area contributed by atoms with Crippen molar-refractivity contribution in [2.24, 2.45) is 0 Å². The smallest absolute Gasteiger partial charge is 0.0589 e. The van der Waals surface area contributed by atoms with Crippen LogP contribution in [0.2, 0.25) is 10.0 Å². The zero-order chi connectivity index (χ0) is 13.1. The van der Waals surface area contributed by atoms with Crippen molar-refractivity contribution < 1.29 is 0 Å². The first-order valence-corrected chi connectivity index (χ1v) is 6.56. The molecule has 0 aliphatic heterocycles. The first kappa shape index (κ1) is 13.4. The van der Waals surface area contributed by atoms with Crippen molar-refractivity contribution in [3.8, 4) is 0 Å². The van der Waals surface area contributed by atoms with Crippen LogP contribution in [0.25, 0.3) is 0 Å². The van der Waals surface area contributed by atoms with Crippen molar-refractivity contribution in [3.63, 3.8) is 0 Å². The lowest BCUT2D eigenvalue weighted by Crippen LogP contribution is -2.18. The molecule has 94 valence electrons. The molecule has 18 heavy (non-hydrogen) atoms. The van der Waals surface area contributed by atoms with Crippen LogP contribution in [-0.4, -0.2) is 7.05 Å². The number of hydrogen-bond donors (Lipinski definition) is 1. The highest BCUT2D eigenvalue weighted by Gasteiger charge is 2.15. The standard InChI is InChI=1S/C15H15Cl2N/c1-10-6-7-13(14(17)8-10)15(18-2)11-4-3-5-12(16)9-11/h3-9,15,18H,1-2H3. The van der Waals surface area contributed by atoms with Crippen LogP contribution in [0.3, 0.4) is 0 Å². The maximum atomic E-state index is 6.32. The lowest BCUT2D eigenvalue weighted by atomic mass is 9.98. The third kappa shape index (κ3) is 2.86. The molecule has 0 amide bonds. The molecule has 0 aliphatic carbocycles. The third-order valence-corrected chi connectivity index (χ3v) is 3.50. The molecule has 0 radical (unpaired) electrons. The lowest BCUT2D eigenvalue weighted by molar-refractivity contribution is 0.692. The van der Waals surface area contributed by atoms with Crippen molar-refractivity contribution in [3.05, 3.63) is 69.2 Å². The summed E-state index contributed by atoms with van der Waals surface area (Å²) in [5.41, 5.74) is 3.33. The van der Waals surface area contributed by atoms with Crippen LogP contribution in [0.5, 0.6) is 0 Å². The summed E-state index contributed by atoms with van der Waals surface area (Å²) in [5, 5.41) is 4.78. The van der Waals surface area contributed by atoms with Crippen molar-refractivity contribution >= 4 is 23.2 Å². The highest BCUT2D eigenvalue weighted by atomic mass is 35.5. The summed E-state index contributed by atoms with van der Waals surface area (Å²) >= 11 is 12.4. The molecule has 0 bridgehead atoms. The van der Waals surface area contributed by atoms with Crippen molar-refractivity contribution in [2.45, 2.75) is 13.0 Å². The van der Waals surface area contributed by atoms with Crippen LogP contribution in [-0.2, 0) is 0 Å². The molecule has 0 saturated heterocycles. The summed E-state index contributed by atoms with van der Waals surface area (Å²) in [7, 11) is 1.92. The first-order valence-electron chi connectivity index (χ1n) is 5.80. The Morgan fingerprint density at radius 3 is 2.44 bits per heavy atom. The van der Waals surface area contributed by atoms with Crippen molar-refractivity contribution in [1.29, 1.82) is 0 Å². The Labute approximate surface area is 118 Å². The number of halogens is 2. The number of hydrogen-bond acceptors (Lipinski definition) is 1. The normalized spacial score (nSPS) is 12.4. The van der Waals surface area contributed by atoms with Gasteiger partial charge in [0.15, 0.2) is 0 Å². The quantitative estimate of drug-likeness (QED) is 0.865. The van der Waals surface area contributed by atoms with Crippen LogP contribution in [0.15, 0.2) is 42.5 Å². The number of rotatable bonds is 3. The van der Waals surface area contributed by atoms with E-state index in [2.05, 4.69) is 17.4 Å². The summed E-state index contributed by atoms with van der Waals surface area (Å²) in [5.74, 6) is 0. The SMILES string of the molecule is CNC(c1cccc(Cl)c1)c1ccc(C)cc1Cl. The van der Waals surface area contributed by atoms with Gasteiger partial charge in [-0.3, -0.25) is 0 Å². The van der Waals surface area contributed by atoms with E-state index in [0.29, 0.717) is 0 Å². The van der Waals surface area contributed by atoms with Gasteiger partial charge >= 0.3 is 0 Å². The summed E-state index contributed by atoms with van der Waals surface area (Å²) in [4.78, 5) is 0. The summed E-state index contributed by atoms with van der Waals surface area (Å²) < 4.78 is 0. The monoisotopic (exact) mass is 279 g/mol. The second kappa shape index (κ2) is 5.75. The predicted molar refractivity (Wildman–Crippen MR) is 78.5 cm³/mol. The van der Waals surface area contributed by atoms with Gasteiger partial charge in [-0.15, -0.1) is 0 Å². The molecular weight excluding hydrogens is 265 g/mol. The zero-order valence-corrected chi connectivity index (χ0v) is 11.9. The van der Waals surface area contributed by atoms with Gasteiger partial charge in [0, 0.05) is 10.0 Å². The number of benzene rings is 2. The molecule has 1 nitrogen and oxygen atoms in total. The van der Waals surface area contributed by atoms with Crippen LogP contribution in [0.1, 0.15) is 22.7 Å². The Balaban J connectivity index is 2.45. The largest absolute Gasteiger partial charge is 0.309 e. The van der Waals surface area contributed by atoms with Gasteiger partial charge in [0.2, 0.25) is 0 Å². The van der Waals surface area contributed by atoms with Crippen molar-refractivity contribution in [2.75, 3.05) is 7.05 Å². The van der Waals surface area contributed by atoms with E-state index < -0.39 is 0 Å². The molecule has 1 unspecified atom stereocenters. The average molecular weight is 280 g/mol. The highest BCUT2D eigenvalue weighted by Crippen LogP contribution is 2.29. The van der Waals surface area contributed by atoms with Gasteiger partial charge in [-0.1, -0.05) is 47.5 Å². The molecule has 1 N–H and O–H groups in total. The van der Waals surface area contributed by atoms with Gasteiger partial charge in [-0.05, 0) is 48.9 Å². The minimum absolute atomic E-state index is 0.0526. The number of nitrogens with one attached hydrogen (secondary N) is 1. The van der Waals surface area contributed by atoms with E-state index in [-0.39, 0.29) is 6.04 Å². The van der Waals surface area contributed by atoms with Gasteiger partial charge in [0.1, 0.15) is 0 Å². The molecule has 3 heteroatoms. The van der Waals surface area contributed by atoms with E-state index in [1.165, 1.54) is 0 Å². The van der Waals surface area contributed by atoms with Crippen LogP contribution in [0, 0.1) is 6.92 Å². The third-order valence-electron chi connectivity index (χ3n) is 2.94. The van der Waals surface area contributed by atoms with E-state index >= 15 is 0 Å². The van der Waals surface area contributed by atoms with E-state index in [1.807, 2.05) is 44.3 Å². The predicted octanol–water partition coefficient (Wildman–Crippen LogP) is 4.61. The van der Waals surface area contributed by atoms with E-state index in [0.717, 1.165) is 26.7 Å². The van der Waals surface area contributed by atoms with Crippen LogP contribution in [0.4, 0.5) is 0 Å². The minimum atomic E-state index is 0.0526. The fraction of sp³-hybridized carbons (Fsp3) is 0.200. The molecule has 0 aliphatic rings.